The first-order valence-electron chi connectivity index (χ1n) is 15.3. The topological polar surface area (TPSA) is 77.1 Å². The van der Waals surface area contributed by atoms with Gasteiger partial charge in [-0.3, -0.25) is 4.57 Å². The number of quaternary nitrogens is 1. The average Bonchev–Trinajstić information content (AvgIpc) is 2.86. The minimum Gasteiger partial charge on any atom is -0.756 e. The molecule has 0 radical (unpaired) electrons. The zero-order valence-corrected chi connectivity index (χ0v) is 25.7. The average molecular weight is 550 g/mol. The number of unbranched alkanes of at least 4 members (excludes halogenated alkanes) is 15. The number of piperidine rings is 1. The Bertz CT molecular complexity index is 567. The molecule has 0 aliphatic carbocycles. The predicted molar refractivity (Wildman–Crippen MR) is 151 cm³/mol. The van der Waals surface area contributed by atoms with Gasteiger partial charge in [0.05, 0.1) is 46.5 Å². The van der Waals surface area contributed by atoms with Crippen LogP contribution in [-0.4, -0.2) is 70.8 Å². The molecule has 222 valence electrons. The molecule has 37 heavy (non-hydrogen) atoms. The van der Waals surface area contributed by atoms with Crippen molar-refractivity contribution in [3.8, 4) is 0 Å². The Morgan fingerprint density at radius 1 is 0.784 bits per heavy atom. The van der Waals surface area contributed by atoms with Crippen LogP contribution in [0.4, 0.5) is 0 Å². The molecule has 1 saturated heterocycles. The standard InChI is InChI=1S/C29H60NO6P/c1-5-6-7-8-9-10-11-12-13-14-15-16-17-18-19-20-25-34-26-29(33-4)27-35-37(31,32)36-28-21-23-30(2,3)24-22-28/h28-29H,5-27H2,1-4H3. The molecule has 1 heterocycles. The van der Waals surface area contributed by atoms with Gasteiger partial charge in [-0.1, -0.05) is 103 Å². The van der Waals surface area contributed by atoms with Gasteiger partial charge in [0.2, 0.25) is 0 Å². The number of hydrogen-bond acceptors (Lipinski definition) is 6. The summed E-state index contributed by atoms with van der Waals surface area (Å²) in [6.45, 7) is 4.99. The lowest BCUT2D eigenvalue weighted by atomic mass is 10.0. The normalized spacial score (nSPS) is 18.6. The molecule has 2 atom stereocenters. The fraction of sp³-hybridized carbons (Fsp3) is 1.00. The molecule has 0 N–H and O–H groups in total. The summed E-state index contributed by atoms with van der Waals surface area (Å²) in [6, 6.07) is 0. The van der Waals surface area contributed by atoms with Crippen molar-refractivity contribution < 1.29 is 32.5 Å². The van der Waals surface area contributed by atoms with Crippen molar-refractivity contribution in [1.82, 2.24) is 0 Å². The van der Waals surface area contributed by atoms with E-state index in [1.807, 2.05) is 0 Å². The molecule has 1 rings (SSSR count). The van der Waals surface area contributed by atoms with Gasteiger partial charge in [0.15, 0.2) is 0 Å². The fourth-order valence-corrected chi connectivity index (χ4v) is 5.87. The number of phosphoric ester groups is 1. The van der Waals surface area contributed by atoms with Crippen LogP contribution < -0.4 is 4.89 Å². The van der Waals surface area contributed by atoms with Crippen molar-refractivity contribution in [2.45, 2.75) is 135 Å². The van der Waals surface area contributed by atoms with Crippen molar-refractivity contribution in [2.75, 3.05) is 54.1 Å². The number of ether oxygens (including phenoxy) is 2. The Kier molecular flexibility index (Phi) is 20.6. The molecule has 0 amide bonds. The zero-order chi connectivity index (χ0) is 27.2. The minimum atomic E-state index is -4.34. The summed E-state index contributed by atoms with van der Waals surface area (Å²) in [6.07, 6.45) is 22.3. The van der Waals surface area contributed by atoms with Crippen LogP contribution in [0.3, 0.4) is 0 Å². The first kappa shape index (κ1) is 35.0. The lowest BCUT2D eigenvalue weighted by Gasteiger charge is -2.38. The van der Waals surface area contributed by atoms with Gasteiger partial charge in [-0.15, -0.1) is 0 Å². The Labute approximate surface area is 229 Å². The second-order valence-electron chi connectivity index (χ2n) is 11.7. The number of phosphoric acid groups is 1. The van der Waals surface area contributed by atoms with E-state index in [4.69, 9.17) is 18.5 Å². The minimum absolute atomic E-state index is 0.0789. The monoisotopic (exact) mass is 549 g/mol. The third kappa shape index (κ3) is 20.5. The van der Waals surface area contributed by atoms with E-state index < -0.39 is 13.9 Å². The van der Waals surface area contributed by atoms with E-state index in [-0.39, 0.29) is 12.7 Å². The quantitative estimate of drug-likeness (QED) is 0.0692. The van der Waals surface area contributed by atoms with Crippen LogP contribution in [0.15, 0.2) is 0 Å². The maximum Gasteiger partial charge on any atom is 0.268 e. The van der Waals surface area contributed by atoms with E-state index in [1.54, 1.807) is 7.11 Å². The molecule has 1 aliphatic heterocycles. The van der Waals surface area contributed by atoms with Gasteiger partial charge in [0.25, 0.3) is 7.82 Å². The molecular formula is C29H60NO6P. The first-order chi connectivity index (χ1) is 17.8. The SMILES string of the molecule is CCCCCCCCCCCCCCCCCCOCC(COP(=O)([O-])OC1CC[N+](C)(C)CC1)OC. The molecule has 0 aromatic heterocycles. The third-order valence-corrected chi connectivity index (χ3v) is 8.61. The van der Waals surface area contributed by atoms with Crippen molar-refractivity contribution in [3.63, 3.8) is 0 Å². The van der Waals surface area contributed by atoms with Crippen LogP contribution in [0.1, 0.15) is 122 Å². The third-order valence-electron chi connectivity index (χ3n) is 7.59. The van der Waals surface area contributed by atoms with E-state index in [0.717, 1.165) is 36.8 Å². The molecule has 0 aromatic rings. The van der Waals surface area contributed by atoms with E-state index >= 15 is 0 Å². The van der Waals surface area contributed by atoms with Crippen molar-refractivity contribution >= 4 is 7.82 Å². The Balaban J connectivity index is 1.91. The summed E-state index contributed by atoms with van der Waals surface area (Å²) in [5.74, 6) is 0. The smallest absolute Gasteiger partial charge is 0.268 e. The lowest BCUT2D eigenvalue weighted by molar-refractivity contribution is -0.896. The van der Waals surface area contributed by atoms with Crippen LogP contribution in [0.5, 0.6) is 0 Å². The maximum atomic E-state index is 12.2. The van der Waals surface area contributed by atoms with E-state index in [9.17, 15) is 9.46 Å². The number of rotatable bonds is 25. The van der Waals surface area contributed by atoms with Crippen molar-refractivity contribution in [3.05, 3.63) is 0 Å². The zero-order valence-electron chi connectivity index (χ0n) is 24.8. The second-order valence-corrected chi connectivity index (χ2v) is 13.0. The number of hydrogen-bond donors (Lipinski definition) is 0. The van der Waals surface area contributed by atoms with Crippen molar-refractivity contribution in [1.29, 1.82) is 0 Å². The lowest BCUT2D eigenvalue weighted by Crippen LogP contribution is -2.48. The van der Waals surface area contributed by atoms with Crippen LogP contribution in [0.2, 0.25) is 0 Å². The number of likely N-dealkylation sites (tertiary alicyclic amines) is 1. The van der Waals surface area contributed by atoms with Crippen LogP contribution >= 0.6 is 7.82 Å². The molecule has 0 aromatic carbocycles. The van der Waals surface area contributed by atoms with E-state index in [0.29, 0.717) is 13.2 Å². The van der Waals surface area contributed by atoms with E-state index in [1.165, 1.54) is 96.3 Å². The molecule has 0 saturated carbocycles. The van der Waals surface area contributed by atoms with Crippen LogP contribution in [-0.2, 0) is 23.1 Å². The molecule has 1 aliphatic rings. The fourth-order valence-electron chi connectivity index (χ4n) is 4.89. The molecule has 2 unspecified atom stereocenters. The van der Waals surface area contributed by atoms with E-state index in [2.05, 4.69) is 21.0 Å². The number of nitrogens with zero attached hydrogens (tertiary/aromatic N) is 1. The molecule has 0 spiro atoms. The molecule has 8 heteroatoms. The molecule has 1 fully saturated rings. The summed E-state index contributed by atoms with van der Waals surface area (Å²) in [5.41, 5.74) is 0. The Morgan fingerprint density at radius 2 is 1.24 bits per heavy atom. The Morgan fingerprint density at radius 3 is 1.70 bits per heavy atom. The van der Waals surface area contributed by atoms with Crippen LogP contribution in [0.25, 0.3) is 0 Å². The van der Waals surface area contributed by atoms with Gasteiger partial charge < -0.3 is 27.9 Å². The van der Waals surface area contributed by atoms with Gasteiger partial charge in [-0.25, -0.2) is 0 Å². The van der Waals surface area contributed by atoms with Crippen molar-refractivity contribution in [2.24, 2.45) is 0 Å². The predicted octanol–water partition coefficient (Wildman–Crippen LogP) is 7.02. The summed E-state index contributed by atoms with van der Waals surface area (Å²) in [5, 5.41) is 0. The molecule has 0 bridgehead atoms. The van der Waals surface area contributed by atoms with Gasteiger partial charge in [-0.05, 0) is 6.42 Å². The summed E-state index contributed by atoms with van der Waals surface area (Å²) < 4.78 is 34.5. The summed E-state index contributed by atoms with van der Waals surface area (Å²) in [4.78, 5) is 12.2. The summed E-state index contributed by atoms with van der Waals surface area (Å²) >= 11 is 0. The highest BCUT2D eigenvalue weighted by Crippen LogP contribution is 2.42. The highest BCUT2D eigenvalue weighted by Gasteiger charge is 2.29. The largest absolute Gasteiger partial charge is 0.756 e. The van der Waals surface area contributed by atoms with Gasteiger partial charge in [-0.2, -0.15) is 0 Å². The van der Waals surface area contributed by atoms with Crippen LogP contribution in [0, 0.1) is 0 Å². The van der Waals surface area contributed by atoms with Gasteiger partial charge in [0, 0.05) is 26.6 Å². The van der Waals surface area contributed by atoms with Gasteiger partial charge >= 0.3 is 0 Å². The van der Waals surface area contributed by atoms with Gasteiger partial charge in [0.1, 0.15) is 6.10 Å². The number of methoxy groups -OCH3 is 1. The highest BCUT2D eigenvalue weighted by atomic mass is 31.2. The first-order valence-corrected chi connectivity index (χ1v) is 16.8. The molecular weight excluding hydrogens is 489 g/mol. The maximum absolute atomic E-state index is 12.2. The Hall–Kier alpha value is -0.0100. The summed E-state index contributed by atoms with van der Waals surface area (Å²) in [7, 11) is 1.50. The second kappa shape index (κ2) is 21.8. The molecule has 7 nitrogen and oxygen atoms in total. The highest BCUT2D eigenvalue weighted by molar-refractivity contribution is 7.45.